The average molecular weight is 294 g/mol. The largest absolute Gasteiger partial charge is 0.377 e. The smallest absolute Gasteiger partial charge is 0.0522 e. The van der Waals surface area contributed by atoms with Crippen LogP contribution in [-0.4, -0.2) is 28.2 Å². The molecule has 0 spiro atoms. The second-order valence-corrected chi connectivity index (χ2v) is 7.66. The van der Waals surface area contributed by atoms with Crippen LogP contribution in [0.1, 0.15) is 31.9 Å². The first-order valence-electron chi connectivity index (χ1n) is 7.88. The monoisotopic (exact) mass is 294 g/mol. The van der Waals surface area contributed by atoms with Crippen LogP contribution in [0.2, 0.25) is 0 Å². The summed E-state index contributed by atoms with van der Waals surface area (Å²) in [4.78, 5) is 4.49. The molecule has 1 aromatic carbocycles. The van der Waals surface area contributed by atoms with E-state index >= 15 is 0 Å². The Morgan fingerprint density at radius 3 is 1.91 bits per heavy atom. The molecule has 0 saturated heterocycles. The molecule has 0 unspecified atom stereocenters. The molecule has 0 aliphatic heterocycles. The number of hydrogen-bond acceptors (Lipinski definition) is 2. The predicted molar refractivity (Wildman–Crippen MR) is 99.7 cm³/mol. The third-order valence-corrected chi connectivity index (χ3v) is 4.49. The van der Waals surface area contributed by atoms with Crippen LogP contribution in [0.3, 0.4) is 0 Å². The SMILES string of the molecule is CN(C)c1c2c(c(N(C)C)c3c1=CC=C3)=CC(C(C)(C)C)=C2. The van der Waals surface area contributed by atoms with Gasteiger partial charge in [0.2, 0.25) is 0 Å². The molecule has 116 valence electrons. The standard InChI is InChI=1S/C20H26N2/c1-20(2,3)13-11-16-17(12-13)19(22(6)7)15-10-8-9-14(15)18(16)21(4)5/h8-12H,1-7H3. The number of allylic oxidation sites excluding steroid dienone is 2. The summed E-state index contributed by atoms with van der Waals surface area (Å²) in [5.74, 6) is 0. The van der Waals surface area contributed by atoms with Crippen molar-refractivity contribution in [2.24, 2.45) is 5.41 Å². The van der Waals surface area contributed by atoms with Crippen LogP contribution in [0, 0.1) is 5.41 Å². The lowest BCUT2D eigenvalue weighted by molar-refractivity contribution is 0.527. The van der Waals surface area contributed by atoms with E-state index in [1.54, 1.807) is 0 Å². The van der Waals surface area contributed by atoms with Crippen molar-refractivity contribution in [1.82, 2.24) is 0 Å². The van der Waals surface area contributed by atoms with Gasteiger partial charge in [0.05, 0.1) is 11.4 Å². The van der Waals surface area contributed by atoms with Crippen molar-refractivity contribution in [1.29, 1.82) is 0 Å². The summed E-state index contributed by atoms with van der Waals surface area (Å²) >= 11 is 0. The third kappa shape index (κ3) is 2.09. The van der Waals surface area contributed by atoms with Gasteiger partial charge in [-0.15, -0.1) is 0 Å². The highest BCUT2D eigenvalue weighted by Crippen LogP contribution is 2.35. The molecule has 0 saturated carbocycles. The highest BCUT2D eigenvalue weighted by molar-refractivity contribution is 5.92. The van der Waals surface area contributed by atoms with E-state index < -0.39 is 0 Å². The Labute approximate surface area is 133 Å². The van der Waals surface area contributed by atoms with Crippen molar-refractivity contribution in [3.63, 3.8) is 0 Å². The predicted octanol–water partition coefficient (Wildman–Crippen LogP) is 2.85. The Balaban J connectivity index is 2.44. The number of nitrogens with zero attached hydrogens (tertiary/aromatic N) is 2. The minimum absolute atomic E-state index is 0.163. The van der Waals surface area contributed by atoms with Crippen molar-refractivity contribution in [2.45, 2.75) is 20.8 Å². The van der Waals surface area contributed by atoms with Gasteiger partial charge in [-0.3, -0.25) is 0 Å². The van der Waals surface area contributed by atoms with Crippen molar-refractivity contribution < 1.29 is 0 Å². The number of hydrogen-bond donors (Lipinski definition) is 0. The summed E-state index contributed by atoms with van der Waals surface area (Å²) in [7, 11) is 8.56. The summed E-state index contributed by atoms with van der Waals surface area (Å²) in [6, 6.07) is 0. The molecular formula is C20H26N2. The quantitative estimate of drug-likeness (QED) is 0.774. The van der Waals surface area contributed by atoms with E-state index in [2.05, 4.69) is 89.1 Å². The Hall–Kier alpha value is -1.96. The Morgan fingerprint density at radius 1 is 0.773 bits per heavy atom. The van der Waals surface area contributed by atoms with Crippen LogP contribution in [0.15, 0.2) is 11.6 Å². The lowest BCUT2D eigenvalue weighted by atomic mass is 9.87. The number of benzene rings is 1. The molecule has 2 aliphatic carbocycles. The fourth-order valence-corrected chi connectivity index (χ4v) is 3.42. The van der Waals surface area contributed by atoms with Crippen LogP contribution in [0.25, 0.3) is 24.3 Å². The van der Waals surface area contributed by atoms with Gasteiger partial charge in [-0.1, -0.05) is 39.0 Å². The van der Waals surface area contributed by atoms with E-state index in [-0.39, 0.29) is 5.41 Å². The van der Waals surface area contributed by atoms with Crippen LogP contribution in [-0.2, 0) is 0 Å². The third-order valence-electron chi connectivity index (χ3n) is 4.49. The molecule has 0 atom stereocenters. The lowest BCUT2D eigenvalue weighted by Crippen LogP contribution is -2.31. The van der Waals surface area contributed by atoms with E-state index in [1.165, 1.54) is 38.5 Å². The fraction of sp³-hybridized carbons (Fsp3) is 0.400. The van der Waals surface area contributed by atoms with Crippen molar-refractivity contribution in [2.75, 3.05) is 38.0 Å². The van der Waals surface area contributed by atoms with E-state index in [9.17, 15) is 0 Å². The zero-order valence-corrected chi connectivity index (χ0v) is 14.8. The fourth-order valence-electron chi connectivity index (χ4n) is 3.42. The molecule has 22 heavy (non-hydrogen) atoms. The normalized spacial score (nSPS) is 15.0. The maximum atomic E-state index is 2.38. The summed E-state index contributed by atoms with van der Waals surface area (Å²) in [6.07, 6.45) is 11.4. The molecule has 0 fully saturated rings. The van der Waals surface area contributed by atoms with Crippen LogP contribution in [0.5, 0.6) is 0 Å². The maximum Gasteiger partial charge on any atom is 0.0522 e. The maximum absolute atomic E-state index is 2.38. The number of anilines is 2. The van der Waals surface area contributed by atoms with E-state index in [0.717, 1.165) is 0 Å². The molecule has 1 aromatic rings. The Morgan fingerprint density at radius 2 is 1.36 bits per heavy atom. The van der Waals surface area contributed by atoms with Gasteiger partial charge in [-0.05, 0) is 23.1 Å². The van der Waals surface area contributed by atoms with Gasteiger partial charge in [-0.25, -0.2) is 0 Å². The molecule has 0 heterocycles. The van der Waals surface area contributed by atoms with Crippen LogP contribution < -0.4 is 20.2 Å². The summed E-state index contributed by atoms with van der Waals surface area (Å²) in [5, 5.41) is 2.70. The van der Waals surface area contributed by atoms with E-state index in [4.69, 9.17) is 0 Å². The van der Waals surface area contributed by atoms with Crippen LogP contribution >= 0.6 is 0 Å². The molecule has 3 rings (SSSR count). The lowest BCUT2D eigenvalue weighted by Gasteiger charge is -2.23. The summed E-state index contributed by atoms with van der Waals surface area (Å²) in [5.41, 5.74) is 6.93. The minimum Gasteiger partial charge on any atom is -0.377 e. The summed E-state index contributed by atoms with van der Waals surface area (Å²) in [6.45, 7) is 6.85. The van der Waals surface area contributed by atoms with Gasteiger partial charge in [0.1, 0.15) is 0 Å². The molecule has 2 heteroatoms. The highest BCUT2D eigenvalue weighted by Gasteiger charge is 2.25. The Kier molecular flexibility index (Phi) is 3.24. The zero-order chi connectivity index (χ0) is 16.2. The van der Waals surface area contributed by atoms with Gasteiger partial charge in [-0.2, -0.15) is 0 Å². The average Bonchev–Trinajstić information content (AvgIpc) is 2.98. The molecule has 2 nitrogen and oxygen atoms in total. The topological polar surface area (TPSA) is 6.48 Å². The van der Waals surface area contributed by atoms with E-state index in [1.807, 2.05) is 0 Å². The molecule has 0 bridgehead atoms. The van der Waals surface area contributed by atoms with Gasteiger partial charge in [0, 0.05) is 49.8 Å². The number of fused-ring (bicyclic) bond motifs is 2. The molecule has 0 aromatic heterocycles. The molecule has 2 aliphatic rings. The van der Waals surface area contributed by atoms with E-state index in [0.29, 0.717) is 0 Å². The van der Waals surface area contributed by atoms with Crippen molar-refractivity contribution in [3.8, 4) is 0 Å². The minimum atomic E-state index is 0.163. The van der Waals surface area contributed by atoms with Gasteiger partial charge >= 0.3 is 0 Å². The second-order valence-electron chi connectivity index (χ2n) is 7.66. The Bertz CT molecular complexity index is 807. The first-order chi connectivity index (χ1) is 10.2. The first kappa shape index (κ1) is 15.0. The van der Waals surface area contributed by atoms with Gasteiger partial charge < -0.3 is 9.80 Å². The van der Waals surface area contributed by atoms with Gasteiger partial charge in [0.25, 0.3) is 0 Å². The number of rotatable bonds is 2. The second kappa shape index (κ2) is 4.77. The summed E-state index contributed by atoms with van der Waals surface area (Å²) < 4.78 is 0. The highest BCUT2D eigenvalue weighted by atomic mass is 15.1. The van der Waals surface area contributed by atoms with Crippen molar-refractivity contribution >= 4 is 35.7 Å². The molecule has 0 N–H and O–H groups in total. The van der Waals surface area contributed by atoms with Gasteiger partial charge in [0.15, 0.2) is 0 Å². The van der Waals surface area contributed by atoms with Crippen LogP contribution in [0.4, 0.5) is 11.4 Å². The van der Waals surface area contributed by atoms with Crippen molar-refractivity contribution in [3.05, 3.63) is 33.2 Å². The molecule has 0 radical (unpaired) electrons. The first-order valence-corrected chi connectivity index (χ1v) is 7.88. The molecular weight excluding hydrogens is 268 g/mol. The zero-order valence-electron chi connectivity index (χ0n) is 14.8. The molecule has 0 amide bonds.